The van der Waals surface area contributed by atoms with Crippen LogP contribution in [-0.4, -0.2) is 13.0 Å². The molecule has 0 unspecified atom stereocenters. The van der Waals surface area contributed by atoms with Crippen LogP contribution >= 0.6 is 0 Å². The van der Waals surface area contributed by atoms with E-state index in [1.165, 1.54) is 5.56 Å². The molecule has 0 aromatic heterocycles. The summed E-state index contributed by atoms with van der Waals surface area (Å²) in [7, 11) is 1.82. The van der Waals surface area contributed by atoms with Crippen molar-refractivity contribution in [3.05, 3.63) is 65.2 Å². The number of nitrogens with zero attached hydrogens (tertiary/aromatic N) is 1. The average Bonchev–Trinajstić information content (AvgIpc) is 2.65. The SMILES string of the molecule is Cc1cccc(C=C2C(=O)N(C)c3ccccc32)c1. The predicted molar refractivity (Wildman–Crippen MR) is 78.9 cm³/mol. The number of anilines is 1. The molecule has 0 spiro atoms. The van der Waals surface area contributed by atoms with Crippen LogP contribution in [0.2, 0.25) is 0 Å². The van der Waals surface area contributed by atoms with Crippen molar-refractivity contribution in [1.29, 1.82) is 0 Å². The normalized spacial score (nSPS) is 16.0. The van der Waals surface area contributed by atoms with Gasteiger partial charge in [0.05, 0.1) is 5.69 Å². The second kappa shape index (κ2) is 4.39. The van der Waals surface area contributed by atoms with Gasteiger partial charge in [-0.2, -0.15) is 0 Å². The summed E-state index contributed by atoms with van der Waals surface area (Å²) in [4.78, 5) is 14.0. The molecule has 0 bridgehead atoms. The minimum Gasteiger partial charge on any atom is -0.311 e. The number of benzene rings is 2. The summed E-state index contributed by atoms with van der Waals surface area (Å²) < 4.78 is 0. The molecule has 0 radical (unpaired) electrons. The summed E-state index contributed by atoms with van der Waals surface area (Å²) in [5.74, 6) is 0.0581. The highest BCUT2D eigenvalue weighted by Gasteiger charge is 2.28. The lowest BCUT2D eigenvalue weighted by molar-refractivity contribution is -0.112. The van der Waals surface area contributed by atoms with Crippen molar-refractivity contribution in [2.75, 3.05) is 11.9 Å². The first-order chi connectivity index (χ1) is 9.16. The molecule has 1 aliphatic heterocycles. The van der Waals surface area contributed by atoms with E-state index < -0.39 is 0 Å². The topological polar surface area (TPSA) is 20.3 Å². The number of carbonyl (C=O) groups is 1. The van der Waals surface area contributed by atoms with E-state index in [9.17, 15) is 4.79 Å². The first-order valence-corrected chi connectivity index (χ1v) is 6.32. The van der Waals surface area contributed by atoms with Crippen molar-refractivity contribution in [3.8, 4) is 0 Å². The van der Waals surface area contributed by atoms with Crippen LogP contribution in [0.4, 0.5) is 5.69 Å². The minimum absolute atomic E-state index is 0.0581. The molecule has 0 aliphatic carbocycles. The lowest BCUT2D eigenvalue weighted by atomic mass is 10.0. The number of hydrogen-bond donors (Lipinski definition) is 0. The molecule has 19 heavy (non-hydrogen) atoms. The standard InChI is InChI=1S/C17H15NO/c1-12-6-5-7-13(10-12)11-15-14-8-3-4-9-16(14)18(2)17(15)19/h3-11H,1-2H3. The summed E-state index contributed by atoms with van der Waals surface area (Å²) in [5.41, 5.74) is 5.02. The maximum atomic E-state index is 12.3. The van der Waals surface area contributed by atoms with E-state index in [1.54, 1.807) is 4.90 Å². The van der Waals surface area contributed by atoms with Gasteiger partial charge in [-0.3, -0.25) is 4.79 Å². The molecule has 94 valence electrons. The molecule has 0 N–H and O–H groups in total. The number of fused-ring (bicyclic) bond motifs is 1. The predicted octanol–water partition coefficient (Wildman–Crippen LogP) is 3.51. The summed E-state index contributed by atoms with van der Waals surface area (Å²) in [5, 5.41) is 0. The summed E-state index contributed by atoms with van der Waals surface area (Å²) in [6.07, 6.45) is 1.97. The first kappa shape index (κ1) is 11.7. The van der Waals surface area contributed by atoms with E-state index in [2.05, 4.69) is 19.1 Å². The van der Waals surface area contributed by atoms with Crippen LogP contribution in [0.3, 0.4) is 0 Å². The fourth-order valence-electron chi connectivity index (χ4n) is 2.47. The van der Waals surface area contributed by atoms with Crippen LogP contribution in [0.25, 0.3) is 11.6 Å². The van der Waals surface area contributed by atoms with E-state index >= 15 is 0 Å². The molecule has 0 saturated carbocycles. The number of amides is 1. The maximum absolute atomic E-state index is 12.3. The quantitative estimate of drug-likeness (QED) is 0.708. The first-order valence-electron chi connectivity index (χ1n) is 6.32. The van der Waals surface area contributed by atoms with Crippen molar-refractivity contribution >= 4 is 23.2 Å². The Morgan fingerprint density at radius 3 is 2.63 bits per heavy atom. The zero-order valence-corrected chi connectivity index (χ0v) is 11.1. The smallest absolute Gasteiger partial charge is 0.258 e. The van der Waals surface area contributed by atoms with Crippen LogP contribution in [0.1, 0.15) is 16.7 Å². The molecule has 2 nitrogen and oxygen atoms in total. The van der Waals surface area contributed by atoms with Gasteiger partial charge in [-0.1, -0.05) is 48.0 Å². The Hall–Kier alpha value is -2.35. The third-order valence-corrected chi connectivity index (χ3v) is 3.44. The highest BCUT2D eigenvalue weighted by Crippen LogP contribution is 2.36. The highest BCUT2D eigenvalue weighted by molar-refractivity contribution is 6.35. The van der Waals surface area contributed by atoms with E-state index in [-0.39, 0.29) is 5.91 Å². The summed E-state index contributed by atoms with van der Waals surface area (Å²) >= 11 is 0. The van der Waals surface area contributed by atoms with Crippen LogP contribution in [0, 0.1) is 6.92 Å². The third-order valence-electron chi connectivity index (χ3n) is 3.44. The number of aryl methyl sites for hydroxylation is 1. The largest absolute Gasteiger partial charge is 0.311 e. The Morgan fingerprint density at radius 1 is 1.05 bits per heavy atom. The van der Waals surface area contributed by atoms with Crippen LogP contribution < -0.4 is 4.90 Å². The second-order valence-corrected chi connectivity index (χ2v) is 4.85. The van der Waals surface area contributed by atoms with E-state index in [0.29, 0.717) is 0 Å². The summed E-state index contributed by atoms with van der Waals surface area (Å²) in [6, 6.07) is 16.1. The van der Waals surface area contributed by atoms with Crippen molar-refractivity contribution in [2.45, 2.75) is 6.92 Å². The van der Waals surface area contributed by atoms with Gasteiger partial charge in [-0.15, -0.1) is 0 Å². The summed E-state index contributed by atoms with van der Waals surface area (Å²) in [6.45, 7) is 2.05. The number of rotatable bonds is 1. The van der Waals surface area contributed by atoms with Gasteiger partial charge in [-0.05, 0) is 24.6 Å². The van der Waals surface area contributed by atoms with Gasteiger partial charge >= 0.3 is 0 Å². The van der Waals surface area contributed by atoms with Gasteiger partial charge in [-0.25, -0.2) is 0 Å². The minimum atomic E-state index is 0.0581. The molecular weight excluding hydrogens is 234 g/mol. The number of carbonyl (C=O) groups excluding carboxylic acids is 1. The lowest BCUT2D eigenvalue weighted by Gasteiger charge is -2.07. The molecule has 2 heteroatoms. The molecule has 2 aromatic rings. The van der Waals surface area contributed by atoms with Gasteiger partial charge in [0.2, 0.25) is 0 Å². The van der Waals surface area contributed by atoms with Crippen molar-refractivity contribution in [2.24, 2.45) is 0 Å². The Kier molecular flexibility index (Phi) is 2.71. The monoisotopic (exact) mass is 249 g/mol. The molecule has 0 saturated heterocycles. The van der Waals surface area contributed by atoms with Gasteiger partial charge in [0.15, 0.2) is 0 Å². The fourth-order valence-corrected chi connectivity index (χ4v) is 2.47. The van der Waals surface area contributed by atoms with Gasteiger partial charge < -0.3 is 4.90 Å². The Morgan fingerprint density at radius 2 is 1.84 bits per heavy atom. The molecule has 1 amide bonds. The number of likely N-dealkylation sites (N-methyl/N-ethyl adjacent to an activating group) is 1. The van der Waals surface area contributed by atoms with E-state index in [0.717, 1.165) is 22.4 Å². The molecular formula is C17H15NO. The number of hydrogen-bond acceptors (Lipinski definition) is 1. The van der Waals surface area contributed by atoms with Gasteiger partial charge in [0.1, 0.15) is 0 Å². The zero-order valence-electron chi connectivity index (χ0n) is 11.1. The van der Waals surface area contributed by atoms with Crippen LogP contribution in [0.15, 0.2) is 48.5 Å². The van der Waals surface area contributed by atoms with Gasteiger partial charge in [0.25, 0.3) is 5.91 Å². The highest BCUT2D eigenvalue weighted by atomic mass is 16.2. The Balaban J connectivity index is 2.13. The van der Waals surface area contributed by atoms with E-state index in [1.807, 2.05) is 49.5 Å². The van der Waals surface area contributed by atoms with Crippen molar-refractivity contribution < 1.29 is 4.79 Å². The molecule has 1 aliphatic rings. The van der Waals surface area contributed by atoms with Crippen LogP contribution in [0.5, 0.6) is 0 Å². The molecule has 3 rings (SSSR count). The second-order valence-electron chi connectivity index (χ2n) is 4.85. The Labute approximate surface area is 113 Å². The maximum Gasteiger partial charge on any atom is 0.258 e. The van der Waals surface area contributed by atoms with E-state index in [4.69, 9.17) is 0 Å². The van der Waals surface area contributed by atoms with Crippen molar-refractivity contribution in [1.82, 2.24) is 0 Å². The third kappa shape index (κ3) is 1.95. The average molecular weight is 249 g/mol. The molecule has 0 fully saturated rings. The van der Waals surface area contributed by atoms with Crippen LogP contribution in [-0.2, 0) is 4.79 Å². The zero-order chi connectivity index (χ0) is 13.4. The van der Waals surface area contributed by atoms with Crippen molar-refractivity contribution in [3.63, 3.8) is 0 Å². The van der Waals surface area contributed by atoms with Gasteiger partial charge in [0, 0.05) is 18.2 Å². The molecule has 0 atom stereocenters. The Bertz CT molecular complexity index is 685. The number of para-hydroxylation sites is 1. The molecule has 2 aromatic carbocycles. The fraction of sp³-hybridized carbons (Fsp3) is 0.118. The molecule has 1 heterocycles. The lowest BCUT2D eigenvalue weighted by Crippen LogP contribution is -2.20.